The molecule has 0 radical (unpaired) electrons. The average Bonchev–Trinajstić information content (AvgIpc) is 2.51. The number of carbonyl (C=O) groups excluding carboxylic acids is 2. The van der Waals surface area contributed by atoms with Gasteiger partial charge in [-0.15, -0.1) is 0 Å². The van der Waals surface area contributed by atoms with Gasteiger partial charge in [-0.25, -0.2) is 13.1 Å². The summed E-state index contributed by atoms with van der Waals surface area (Å²) in [5, 5.41) is 12.4. The summed E-state index contributed by atoms with van der Waals surface area (Å²) >= 11 is 0. The zero-order chi connectivity index (χ0) is 18.3. The largest absolute Gasteiger partial charge is 0.507 e. The van der Waals surface area contributed by atoms with Crippen LogP contribution in [0.4, 0.5) is 5.69 Å². The maximum atomic E-state index is 12.4. The van der Waals surface area contributed by atoms with Gasteiger partial charge in [-0.05, 0) is 30.7 Å². The molecule has 0 spiro atoms. The van der Waals surface area contributed by atoms with Crippen LogP contribution in [0.3, 0.4) is 0 Å². The summed E-state index contributed by atoms with van der Waals surface area (Å²) in [6.45, 7) is 3.84. The topological polar surface area (TPSA) is 116 Å². The zero-order valence-corrected chi connectivity index (χ0v) is 14.4. The Bertz CT molecular complexity index is 731. The number of nitrogens with one attached hydrogen (secondary N) is 2. The Morgan fingerprint density at radius 1 is 1.38 bits per heavy atom. The van der Waals surface area contributed by atoms with E-state index in [1.54, 1.807) is 0 Å². The van der Waals surface area contributed by atoms with Crippen LogP contribution in [0.1, 0.15) is 16.8 Å². The smallest absolute Gasteiger partial charge is 0.257 e. The molecule has 3 N–H and O–H groups in total. The van der Waals surface area contributed by atoms with Gasteiger partial charge in [-0.3, -0.25) is 9.59 Å². The normalized spacial score (nSPS) is 10.9. The molecule has 1 aromatic rings. The molecule has 0 fully saturated rings. The lowest BCUT2D eigenvalue weighted by atomic mass is 10.1. The number of amides is 2. The van der Waals surface area contributed by atoms with Gasteiger partial charge in [0.2, 0.25) is 15.9 Å². The van der Waals surface area contributed by atoms with Gasteiger partial charge in [-0.2, -0.15) is 0 Å². The number of anilines is 1. The zero-order valence-electron chi connectivity index (χ0n) is 13.6. The van der Waals surface area contributed by atoms with Gasteiger partial charge < -0.3 is 15.3 Å². The second-order valence-corrected chi connectivity index (χ2v) is 7.01. The number of rotatable bonds is 8. The SMILES string of the molecule is C=CC(=O)Nc1ccc(O)c(C(=O)N(C)CCCNS(C)(=O)=O)c1. The first-order valence-electron chi connectivity index (χ1n) is 7.10. The average molecular weight is 355 g/mol. The molecule has 0 aliphatic carbocycles. The minimum Gasteiger partial charge on any atom is -0.507 e. The molecule has 0 heterocycles. The molecule has 1 rings (SSSR count). The highest BCUT2D eigenvalue weighted by atomic mass is 32.2. The second kappa shape index (κ2) is 8.46. The van der Waals surface area contributed by atoms with Crippen molar-refractivity contribution >= 4 is 27.5 Å². The quantitative estimate of drug-likeness (QED) is 0.357. The molecule has 2 amide bonds. The van der Waals surface area contributed by atoms with Crippen molar-refractivity contribution in [3.8, 4) is 5.75 Å². The number of sulfonamides is 1. The minimum atomic E-state index is -3.26. The lowest BCUT2D eigenvalue weighted by Crippen LogP contribution is -2.31. The first-order valence-corrected chi connectivity index (χ1v) is 8.99. The standard InChI is InChI=1S/C15H21N3O5S/c1-4-14(20)17-11-6-7-13(19)12(10-11)15(21)18(2)9-5-8-16-24(3,22)23/h4,6-7,10,16,19H,1,5,8-9H2,2-3H3,(H,17,20). The van der Waals surface area contributed by atoms with Gasteiger partial charge in [0.15, 0.2) is 0 Å². The molecular formula is C15H21N3O5S. The van der Waals surface area contributed by atoms with Crippen molar-refractivity contribution in [2.24, 2.45) is 0 Å². The first-order chi connectivity index (χ1) is 11.1. The Morgan fingerprint density at radius 3 is 2.62 bits per heavy atom. The van der Waals surface area contributed by atoms with Crippen LogP contribution in [0.5, 0.6) is 5.75 Å². The van der Waals surface area contributed by atoms with Gasteiger partial charge in [0, 0.05) is 25.8 Å². The highest BCUT2D eigenvalue weighted by molar-refractivity contribution is 7.88. The Hall–Kier alpha value is -2.39. The summed E-state index contributed by atoms with van der Waals surface area (Å²) in [5.41, 5.74) is 0.392. The molecule has 0 aliphatic rings. The summed E-state index contributed by atoms with van der Waals surface area (Å²) in [6, 6.07) is 4.14. The van der Waals surface area contributed by atoms with Crippen LogP contribution in [-0.2, 0) is 14.8 Å². The van der Waals surface area contributed by atoms with Crippen LogP contribution in [0, 0.1) is 0 Å². The molecule has 0 aliphatic heterocycles. The predicted molar refractivity (Wildman–Crippen MR) is 91.4 cm³/mol. The Balaban J connectivity index is 2.73. The van der Waals surface area contributed by atoms with E-state index in [9.17, 15) is 23.1 Å². The highest BCUT2D eigenvalue weighted by Crippen LogP contribution is 2.23. The van der Waals surface area contributed by atoms with E-state index in [0.29, 0.717) is 18.7 Å². The van der Waals surface area contributed by atoms with Crippen LogP contribution in [-0.4, -0.2) is 56.6 Å². The van der Waals surface area contributed by atoms with Crippen LogP contribution in [0.25, 0.3) is 0 Å². The van der Waals surface area contributed by atoms with E-state index >= 15 is 0 Å². The van der Waals surface area contributed by atoms with Crippen LogP contribution in [0.2, 0.25) is 0 Å². The van der Waals surface area contributed by atoms with Crippen molar-refractivity contribution in [3.05, 3.63) is 36.4 Å². The van der Waals surface area contributed by atoms with Gasteiger partial charge in [-0.1, -0.05) is 6.58 Å². The molecule has 9 heteroatoms. The van der Waals surface area contributed by atoms with Gasteiger partial charge in [0.05, 0.1) is 11.8 Å². The van der Waals surface area contributed by atoms with Gasteiger partial charge in [0.25, 0.3) is 5.91 Å². The van der Waals surface area contributed by atoms with Crippen LogP contribution < -0.4 is 10.0 Å². The van der Waals surface area contributed by atoms with Crippen molar-refractivity contribution in [3.63, 3.8) is 0 Å². The number of benzene rings is 1. The van der Waals surface area contributed by atoms with Crippen molar-refractivity contribution in [1.29, 1.82) is 0 Å². The number of phenols is 1. The van der Waals surface area contributed by atoms with Gasteiger partial charge in [0.1, 0.15) is 5.75 Å². The first kappa shape index (κ1) is 19.7. The molecular weight excluding hydrogens is 334 g/mol. The Labute approximate surface area is 141 Å². The van der Waals surface area contributed by atoms with E-state index < -0.39 is 21.8 Å². The van der Waals surface area contributed by atoms with Crippen molar-refractivity contribution in [1.82, 2.24) is 9.62 Å². The third kappa shape index (κ3) is 6.39. The number of aromatic hydroxyl groups is 1. The molecule has 0 bridgehead atoms. The predicted octanol–water partition coefficient (Wildman–Crippen LogP) is 0.528. The number of nitrogens with zero attached hydrogens (tertiary/aromatic N) is 1. The monoisotopic (exact) mass is 355 g/mol. The molecule has 24 heavy (non-hydrogen) atoms. The summed E-state index contributed by atoms with van der Waals surface area (Å²) in [6.07, 6.45) is 2.57. The number of carbonyl (C=O) groups is 2. The number of phenolic OH excluding ortho intramolecular Hbond substituents is 1. The van der Waals surface area contributed by atoms with Crippen molar-refractivity contribution < 1.29 is 23.1 Å². The fourth-order valence-electron chi connectivity index (χ4n) is 1.86. The summed E-state index contributed by atoms with van der Waals surface area (Å²) in [4.78, 5) is 25.0. The molecule has 0 saturated heterocycles. The summed E-state index contributed by atoms with van der Waals surface area (Å²) in [5.74, 6) is -1.08. The van der Waals surface area contributed by atoms with Crippen LogP contribution in [0.15, 0.2) is 30.9 Å². The Kier molecular flexibility index (Phi) is 6.93. The third-order valence-electron chi connectivity index (χ3n) is 3.06. The lowest BCUT2D eigenvalue weighted by Gasteiger charge is -2.18. The Morgan fingerprint density at radius 2 is 2.04 bits per heavy atom. The number of hydrogen-bond acceptors (Lipinski definition) is 5. The summed E-state index contributed by atoms with van der Waals surface area (Å²) < 4.78 is 24.3. The van der Waals surface area contributed by atoms with E-state index in [1.165, 1.54) is 30.1 Å². The summed E-state index contributed by atoms with van der Waals surface area (Å²) in [7, 11) is -1.72. The van der Waals surface area contributed by atoms with E-state index in [1.807, 2.05) is 0 Å². The van der Waals surface area contributed by atoms with Gasteiger partial charge >= 0.3 is 0 Å². The minimum absolute atomic E-state index is 0.0374. The van der Waals surface area contributed by atoms with E-state index in [4.69, 9.17) is 0 Å². The maximum Gasteiger partial charge on any atom is 0.257 e. The third-order valence-corrected chi connectivity index (χ3v) is 3.79. The maximum absolute atomic E-state index is 12.4. The fourth-order valence-corrected chi connectivity index (χ4v) is 2.37. The molecule has 0 unspecified atom stereocenters. The van der Waals surface area contributed by atoms with Crippen LogP contribution >= 0.6 is 0 Å². The fraction of sp³-hybridized carbons (Fsp3) is 0.333. The van der Waals surface area contributed by atoms with E-state index in [0.717, 1.165) is 12.3 Å². The molecule has 8 nitrogen and oxygen atoms in total. The van der Waals surface area contributed by atoms with E-state index in [-0.39, 0.29) is 17.9 Å². The lowest BCUT2D eigenvalue weighted by molar-refractivity contribution is -0.111. The number of hydrogen-bond donors (Lipinski definition) is 3. The molecule has 0 saturated carbocycles. The van der Waals surface area contributed by atoms with E-state index in [2.05, 4.69) is 16.6 Å². The van der Waals surface area contributed by atoms with Crippen molar-refractivity contribution in [2.45, 2.75) is 6.42 Å². The molecule has 0 atom stereocenters. The molecule has 1 aromatic carbocycles. The molecule has 0 aromatic heterocycles. The van der Waals surface area contributed by atoms with Crippen molar-refractivity contribution in [2.75, 3.05) is 31.7 Å². The highest BCUT2D eigenvalue weighted by Gasteiger charge is 2.16. The molecule has 132 valence electrons. The second-order valence-electron chi connectivity index (χ2n) is 5.17.